The molecule has 35 heavy (non-hydrogen) atoms. The first-order valence-electron chi connectivity index (χ1n) is 11.2. The molecule has 15 radical (unpaired) electrons. The Labute approximate surface area is 240 Å². The van der Waals surface area contributed by atoms with Gasteiger partial charge < -0.3 is 10.4 Å². The van der Waals surface area contributed by atoms with Gasteiger partial charge in [-0.2, -0.15) is 0 Å². The van der Waals surface area contributed by atoms with Crippen molar-refractivity contribution >= 4 is 18.3 Å². The van der Waals surface area contributed by atoms with Crippen LogP contribution < -0.4 is 5.30 Å². The van der Waals surface area contributed by atoms with Gasteiger partial charge in [0, 0.05) is 37.0 Å². The standard InChI is InChI=1S/C16H18NOP.3C5H5.U/c1-19(2,15-11-7-4-8-12-15)13-16(18)17-14-9-5-3-6-10-14;3*1-2-4-5-3-1;/h3-13,18H,1-2H3;3*1-5H;/b16-13+;;;;. The second-order valence-electron chi connectivity index (χ2n) is 7.70. The van der Waals surface area contributed by atoms with Gasteiger partial charge in [0.15, 0.2) is 0 Å². The molecule has 4 heteroatoms. The van der Waals surface area contributed by atoms with Gasteiger partial charge in [-0.05, 0) is 108 Å². The van der Waals surface area contributed by atoms with Gasteiger partial charge in [0.05, 0.1) is 31.7 Å². The van der Waals surface area contributed by atoms with Crippen molar-refractivity contribution in [2.75, 3.05) is 13.3 Å². The molecule has 3 saturated carbocycles. The van der Waals surface area contributed by atoms with Crippen LogP contribution in [0.2, 0.25) is 0 Å². The summed E-state index contributed by atoms with van der Waals surface area (Å²) in [7, 11) is -1.49. The summed E-state index contributed by atoms with van der Waals surface area (Å²) in [4.78, 5) is 0. The Morgan fingerprint density at radius 1 is 0.571 bits per heavy atom. The van der Waals surface area contributed by atoms with Gasteiger partial charge in [-0.3, -0.25) is 0 Å². The number of rotatable bonds is 4. The average Bonchev–Trinajstić information content (AvgIpc) is 3.66. The molecule has 0 spiro atoms. The second kappa shape index (κ2) is 20.3. The Bertz CT molecular complexity index is 720. The van der Waals surface area contributed by atoms with E-state index in [0.717, 1.165) is 5.69 Å². The molecule has 3 aliphatic rings. The van der Waals surface area contributed by atoms with Crippen LogP contribution in [-0.4, -0.2) is 18.4 Å². The predicted molar refractivity (Wildman–Crippen MR) is 150 cm³/mol. The average molecular weight is 705 g/mol. The molecule has 0 heterocycles. The first-order valence-corrected chi connectivity index (χ1v) is 13.9. The molecule has 2 aromatic rings. The van der Waals surface area contributed by atoms with Gasteiger partial charge in [0.1, 0.15) is 0 Å². The third kappa shape index (κ3) is 15.9. The van der Waals surface area contributed by atoms with Crippen LogP contribution in [0.3, 0.4) is 0 Å². The van der Waals surface area contributed by atoms with E-state index in [-0.39, 0.29) is 37.0 Å². The van der Waals surface area contributed by atoms with Crippen LogP contribution in [0.5, 0.6) is 0 Å². The van der Waals surface area contributed by atoms with E-state index in [1.54, 1.807) is 0 Å². The van der Waals surface area contributed by atoms with Crippen LogP contribution in [0.25, 0.3) is 5.32 Å². The van der Waals surface area contributed by atoms with Gasteiger partial charge in [-0.15, -0.1) is 5.69 Å². The van der Waals surface area contributed by atoms with Crippen LogP contribution in [-0.2, 0) is 0 Å². The maximum Gasteiger partial charge on any atom is 0.0980 e. The summed E-state index contributed by atoms with van der Waals surface area (Å²) < 4.78 is 0. The Balaban J connectivity index is 0.000000306. The maximum absolute atomic E-state index is 10.0. The van der Waals surface area contributed by atoms with E-state index in [0.29, 0.717) is 0 Å². The monoisotopic (exact) mass is 704 g/mol. The van der Waals surface area contributed by atoms with Gasteiger partial charge in [0.2, 0.25) is 0 Å². The number of hydrogen-bond donors (Lipinski definition) is 1. The van der Waals surface area contributed by atoms with Crippen molar-refractivity contribution in [1.82, 2.24) is 0 Å². The second-order valence-corrected chi connectivity index (χ2v) is 11.6. The number of hydrogen-bond acceptors (Lipinski definition) is 1. The molecule has 2 aromatic carbocycles. The molecule has 0 unspecified atom stereocenters. The molecular formula is C31H33NOPU. The first-order chi connectivity index (χ1) is 16.6. The molecule has 1 N–H and O–H groups in total. The zero-order chi connectivity index (χ0) is 24.3. The Morgan fingerprint density at radius 3 is 1.23 bits per heavy atom. The summed E-state index contributed by atoms with van der Waals surface area (Å²) in [6.07, 6.45) is 30.0. The van der Waals surface area contributed by atoms with E-state index < -0.39 is 7.26 Å². The third-order valence-electron chi connectivity index (χ3n) is 4.53. The normalized spacial score (nSPS) is 16.9. The maximum atomic E-state index is 10.0. The van der Waals surface area contributed by atoms with E-state index in [2.05, 4.69) is 30.8 Å². The van der Waals surface area contributed by atoms with Crippen molar-refractivity contribution in [3.8, 4) is 0 Å². The van der Waals surface area contributed by atoms with E-state index in [4.69, 9.17) is 0 Å². The van der Waals surface area contributed by atoms with Gasteiger partial charge in [-0.25, -0.2) is 0 Å². The summed E-state index contributed by atoms with van der Waals surface area (Å²) in [5.74, 6) is 1.98. The molecule has 0 aromatic heterocycles. The van der Waals surface area contributed by atoms with Crippen LogP contribution >= 0.6 is 7.26 Å². The van der Waals surface area contributed by atoms with E-state index in [1.165, 1.54) is 5.30 Å². The van der Waals surface area contributed by atoms with E-state index in [1.807, 2.05) is 151 Å². The molecule has 177 valence electrons. The van der Waals surface area contributed by atoms with Crippen molar-refractivity contribution in [2.24, 2.45) is 0 Å². The van der Waals surface area contributed by atoms with Crippen LogP contribution in [0.4, 0.5) is 5.69 Å². The van der Waals surface area contributed by atoms with Crippen LogP contribution in [0.15, 0.2) is 72.4 Å². The number of benzene rings is 2. The minimum absolute atomic E-state index is 0. The number of para-hydroxylation sites is 1. The SMILES string of the molecule is C[P+](C)(/C=C(/O)[N-]c1ccccc1)c1ccccc1.[CH]1[CH][CH][CH][CH]1.[CH]1[CH][CH][CH][CH]1.[CH]1[CH][CH][CH][CH]1.[U]. The zero-order valence-electron chi connectivity index (χ0n) is 20.4. The van der Waals surface area contributed by atoms with Crippen molar-refractivity contribution in [1.29, 1.82) is 0 Å². The molecular weight excluding hydrogens is 671 g/mol. The summed E-state index contributed by atoms with van der Waals surface area (Å²) in [6, 6.07) is 19.7. The van der Waals surface area contributed by atoms with Gasteiger partial charge in [-0.1, -0.05) is 48.5 Å². The predicted octanol–water partition coefficient (Wildman–Crippen LogP) is 7.72. The van der Waals surface area contributed by atoms with Gasteiger partial charge in [0.25, 0.3) is 0 Å². The summed E-state index contributed by atoms with van der Waals surface area (Å²) in [5, 5.41) is 15.5. The zero-order valence-corrected chi connectivity index (χ0v) is 25.4. The van der Waals surface area contributed by atoms with Crippen LogP contribution in [0, 0.1) is 127 Å². The fraction of sp³-hybridized carbons (Fsp3) is 0.0645. The van der Waals surface area contributed by atoms with Crippen molar-refractivity contribution in [3.05, 3.63) is 174 Å². The first kappa shape index (κ1) is 32.3. The summed E-state index contributed by atoms with van der Waals surface area (Å²) in [6.45, 7) is 4.33. The van der Waals surface area contributed by atoms with Gasteiger partial charge >= 0.3 is 0 Å². The Hall–Kier alpha value is -0.738. The molecule has 0 bridgehead atoms. The van der Waals surface area contributed by atoms with E-state index >= 15 is 0 Å². The Morgan fingerprint density at radius 2 is 0.886 bits per heavy atom. The topological polar surface area (TPSA) is 34.3 Å². The third-order valence-corrected chi connectivity index (χ3v) is 7.03. The Kier molecular flexibility index (Phi) is 18.8. The number of aliphatic hydroxyl groups is 1. The molecule has 0 aliphatic heterocycles. The van der Waals surface area contributed by atoms with Crippen molar-refractivity contribution in [2.45, 2.75) is 0 Å². The molecule has 0 amide bonds. The number of aliphatic hydroxyl groups excluding tert-OH is 1. The molecule has 0 saturated heterocycles. The molecule has 0 atom stereocenters. The quantitative estimate of drug-likeness (QED) is 0.257. The molecule has 3 fully saturated rings. The fourth-order valence-electron chi connectivity index (χ4n) is 2.80. The molecule has 3 aliphatic carbocycles. The number of nitrogens with zero attached hydrogens (tertiary/aromatic N) is 1. The largest absolute Gasteiger partial charge is 0.625 e. The minimum atomic E-state index is -1.49. The molecule has 2 nitrogen and oxygen atoms in total. The fourth-order valence-corrected chi connectivity index (χ4v) is 4.53. The summed E-state index contributed by atoms with van der Waals surface area (Å²) >= 11 is 0. The molecule has 5 rings (SSSR count). The van der Waals surface area contributed by atoms with E-state index in [9.17, 15) is 5.11 Å². The van der Waals surface area contributed by atoms with Crippen molar-refractivity contribution < 1.29 is 36.2 Å². The van der Waals surface area contributed by atoms with Crippen molar-refractivity contribution in [3.63, 3.8) is 0 Å². The van der Waals surface area contributed by atoms with Crippen LogP contribution in [0.1, 0.15) is 0 Å². The summed E-state index contributed by atoms with van der Waals surface area (Å²) in [5.41, 5.74) is 0.768. The minimum Gasteiger partial charge on any atom is -0.625 e. The smallest absolute Gasteiger partial charge is 0.0980 e.